The zero-order valence-electron chi connectivity index (χ0n) is 12.6. The molecule has 106 valence electrons. The van der Waals surface area contributed by atoms with Crippen LogP contribution in [0.25, 0.3) is 0 Å². The topological polar surface area (TPSA) is 29.3 Å². The van der Waals surface area contributed by atoms with Crippen molar-refractivity contribution in [2.24, 2.45) is 23.0 Å². The van der Waals surface area contributed by atoms with Crippen molar-refractivity contribution in [1.29, 1.82) is 0 Å². The largest absolute Gasteiger partial charge is 0.329 e. The van der Waals surface area contributed by atoms with Crippen molar-refractivity contribution >= 4 is 0 Å². The Morgan fingerprint density at radius 2 is 1.89 bits per heavy atom. The maximum absolute atomic E-state index is 6.11. The smallest absolute Gasteiger partial charge is 0.0246 e. The molecular formula is C16H32N2. The molecule has 0 spiro atoms. The van der Waals surface area contributed by atoms with E-state index in [1.54, 1.807) is 0 Å². The summed E-state index contributed by atoms with van der Waals surface area (Å²) < 4.78 is 0. The Morgan fingerprint density at radius 1 is 1.22 bits per heavy atom. The molecule has 1 heterocycles. The summed E-state index contributed by atoms with van der Waals surface area (Å²) >= 11 is 0. The van der Waals surface area contributed by atoms with Gasteiger partial charge < -0.3 is 5.73 Å². The highest BCUT2D eigenvalue weighted by molar-refractivity contribution is 4.88. The maximum atomic E-state index is 6.11. The first-order chi connectivity index (χ1) is 8.52. The van der Waals surface area contributed by atoms with E-state index in [2.05, 4.69) is 25.7 Å². The Balaban J connectivity index is 1.92. The van der Waals surface area contributed by atoms with Gasteiger partial charge in [0, 0.05) is 12.6 Å². The van der Waals surface area contributed by atoms with Gasteiger partial charge in [0.2, 0.25) is 0 Å². The molecule has 2 nitrogen and oxygen atoms in total. The molecule has 1 saturated heterocycles. The van der Waals surface area contributed by atoms with Crippen LogP contribution in [-0.2, 0) is 0 Å². The lowest BCUT2D eigenvalue weighted by Gasteiger charge is -2.45. The fourth-order valence-electron chi connectivity index (χ4n) is 3.93. The lowest BCUT2D eigenvalue weighted by Crippen LogP contribution is -2.51. The molecule has 2 fully saturated rings. The third-order valence-electron chi connectivity index (χ3n) is 5.38. The highest BCUT2D eigenvalue weighted by Gasteiger charge is 2.33. The molecule has 2 N–H and O–H groups in total. The van der Waals surface area contributed by atoms with E-state index in [-0.39, 0.29) is 0 Å². The molecular weight excluding hydrogens is 220 g/mol. The van der Waals surface area contributed by atoms with E-state index in [9.17, 15) is 0 Å². The van der Waals surface area contributed by atoms with Crippen molar-refractivity contribution in [3.05, 3.63) is 0 Å². The van der Waals surface area contributed by atoms with Crippen molar-refractivity contribution in [1.82, 2.24) is 4.90 Å². The van der Waals surface area contributed by atoms with E-state index >= 15 is 0 Å². The second-order valence-electron chi connectivity index (χ2n) is 7.54. The lowest BCUT2D eigenvalue weighted by atomic mass is 9.76. The number of rotatable bonds is 3. The normalized spacial score (nSPS) is 35.3. The summed E-state index contributed by atoms with van der Waals surface area (Å²) in [6.07, 6.45) is 8.34. The Morgan fingerprint density at radius 3 is 2.44 bits per heavy atom. The molecule has 1 saturated carbocycles. The average Bonchev–Trinajstić information content (AvgIpc) is 2.32. The van der Waals surface area contributed by atoms with Crippen molar-refractivity contribution in [2.75, 3.05) is 19.6 Å². The van der Waals surface area contributed by atoms with Crippen LogP contribution in [0, 0.1) is 17.3 Å². The number of hydrogen-bond acceptors (Lipinski definition) is 2. The van der Waals surface area contributed by atoms with Crippen LogP contribution in [0.15, 0.2) is 0 Å². The predicted molar refractivity (Wildman–Crippen MR) is 78.6 cm³/mol. The molecule has 0 radical (unpaired) electrons. The second kappa shape index (κ2) is 5.92. The predicted octanol–water partition coefficient (Wildman–Crippen LogP) is 3.26. The highest BCUT2D eigenvalue weighted by Crippen LogP contribution is 2.36. The van der Waals surface area contributed by atoms with Gasteiger partial charge in [-0.15, -0.1) is 0 Å². The van der Waals surface area contributed by atoms with Crippen LogP contribution in [0.3, 0.4) is 0 Å². The van der Waals surface area contributed by atoms with E-state index in [1.807, 2.05) is 0 Å². The van der Waals surface area contributed by atoms with E-state index in [1.165, 1.54) is 51.6 Å². The average molecular weight is 252 g/mol. The van der Waals surface area contributed by atoms with Gasteiger partial charge in [0.15, 0.2) is 0 Å². The molecule has 1 aliphatic carbocycles. The molecule has 2 aliphatic rings. The molecule has 2 rings (SSSR count). The molecule has 1 aliphatic heterocycles. The number of likely N-dealkylation sites (tertiary alicyclic amines) is 1. The van der Waals surface area contributed by atoms with E-state index in [0.717, 1.165) is 18.4 Å². The molecule has 0 aromatic heterocycles. The van der Waals surface area contributed by atoms with Gasteiger partial charge in [0.05, 0.1) is 0 Å². The van der Waals surface area contributed by atoms with Gasteiger partial charge >= 0.3 is 0 Å². The minimum Gasteiger partial charge on any atom is -0.329 e. The van der Waals surface area contributed by atoms with E-state index < -0.39 is 0 Å². The first-order valence-electron chi connectivity index (χ1n) is 7.96. The van der Waals surface area contributed by atoms with Crippen LogP contribution in [-0.4, -0.2) is 30.6 Å². The Hall–Kier alpha value is -0.0800. The molecule has 3 unspecified atom stereocenters. The third kappa shape index (κ3) is 3.48. The highest BCUT2D eigenvalue weighted by atomic mass is 15.2. The molecule has 0 bridgehead atoms. The van der Waals surface area contributed by atoms with Crippen molar-refractivity contribution in [3.63, 3.8) is 0 Å². The molecule has 3 atom stereocenters. The third-order valence-corrected chi connectivity index (χ3v) is 5.38. The molecule has 18 heavy (non-hydrogen) atoms. The summed E-state index contributed by atoms with van der Waals surface area (Å²) in [5.41, 5.74) is 6.66. The molecule has 0 aromatic carbocycles. The zero-order valence-corrected chi connectivity index (χ0v) is 12.6. The monoisotopic (exact) mass is 252 g/mol. The molecule has 0 aromatic rings. The van der Waals surface area contributed by atoms with Gasteiger partial charge in [-0.1, -0.05) is 33.6 Å². The first kappa shape index (κ1) is 14.3. The Bertz CT molecular complexity index is 252. The summed E-state index contributed by atoms with van der Waals surface area (Å²) in [5, 5.41) is 0. The first-order valence-corrected chi connectivity index (χ1v) is 7.96. The Kier molecular flexibility index (Phi) is 4.71. The minimum absolute atomic E-state index is 0.551. The number of hydrogen-bond donors (Lipinski definition) is 1. The Labute approximate surface area is 113 Å². The van der Waals surface area contributed by atoms with Crippen molar-refractivity contribution < 1.29 is 0 Å². The van der Waals surface area contributed by atoms with Crippen molar-refractivity contribution in [2.45, 2.75) is 65.3 Å². The zero-order chi connectivity index (χ0) is 13.2. The lowest BCUT2D eigenvalue weighted by molar-refractivity contribution is 0.0526. The van der Waals surface area contributed by atoms with Gasteiger partial charge in [-0.2, -0.15) is 0 Å². The summed E-state index contributed by atoms with van der Waals surface area (Å²) in [6, 6.07) is 0.656. The van der Waals surface area contributed by atoms with Gasteiger partial charge in [-0.25, -0.2) is 0 Å². The van der Waals surface area contributed by atoms with Gasteiger partial charge in [0.25, 0.3) is 0 Å². The number of nitrogens with zero attached hydrogens (tertiary/aromatic N) is 1. The van der Waals surface area contributed by atoms with Crippen LogP contribution >= 0.6 is 0 Å². The fraction of sp³-hybridized carbons (Fsp3) is 1.00. The minimum atomic E-state index is 0.551. The summed E-state index contributed by atoms with van der Waals surface area (Å²) in [5.74, 6) is 1.78. The number of piperidine rings is 1. The standard InChI is InChI=1S/C16H32N2/c1-13-5-4-6-14(11-13)15(12-17)18-9-7-16(2,3)8-10-18/h13-15H,4-12,17H2,1-3H3. The summed E-state index contributed by atoms with van der Waals surface area (Å²) in [6.45, 7) is 10.6. The van der Waals surface area contributed by atoms with Gasteiger partial charge in [-0.05, 0) is 56.0 Å². The molecule has 0 amide bonds. The number of nitrogens with two attached hydrogens (primary N) is 1. The van der Waals surface area contributed by atoms with Crippen LogP contribution < -0.4 is 5.73 Å². The van der Waals surface area contributed by atoms with Crippen molar-refractivity contribution in [3.8, 4) is 0 Å². The van der Waals surface area contributed by atoms with Crippen LogP contribution in [0.1, 0.15) is 59.3 Å². The molecule has 2 heteroatoms. The van der Waals surface area contributed by atoms with Gasteiger partial charge in [-0.3, -0.25) is 4.90 Å². The van der Waals surface area contributed by atoms with E-state index in [0.29, 0.717) is 11.5 Å². The summed E-state index contributed by atoms with van der Waals surface area (Å²) in [7, 11) is 0. The van der Waals surface area contributed by atoms with Crippen LogP contribution in [0.4, 0.5) is 0 Å². The van der Waals surface area contributed by atoms with Crippen LogP contribution in [0.5, 0.6) is 0 Å². The second-order valence-corrected chi connectivity index (χ2v) is 7.54. The quantitative estimate of drug-likeness (QED) is 0.835. The van der Waals surface area contributed by atoms with E-state index in [4.69, 9.17) is 5.73 Å². The fourth-order valence-corrected chi connectivity index (χ4v) is 3.93. The van der Waals surface area contributed by atoms with Gasteiger partial charge in [0.1, 0.15) is 0 Å². The summed E-state index contributed by atoms with van der Waals surface area (Å²) in [4.78, 5) is 2.70. The maximum Gasteiger partial charge on any atom is 0.0246 e. The SMILES string of the molecule is CC1CCCC(C(CN)N2CCC(C)(C)CC2)C1. The van der Waals surface area contributed by atoms with Crippen LogP contribution in [0.2, 0.25) is 0 Å².